The number of benzene rings is 1. The second-order valence-electron chi connectivity index (χ2n) is 6.13. The summed E-state index contributed by atoms with van der Waals surface area (Å²) in [5.74, 6) is 0.796. The number of pyridine rings is 1. The fourth-order valence-corrected chi connectivity index (χ4v) is 4.42. The molecule has 3 aromatic heterocycles. The molecule has 0 amide bonds. The monoisotopic (exact) mass is 394 g/mol. The van der Waals surface area contributed by atoms with E-state index in [9.17, 15) is 0 Å². The molecule has 1 aromatic carbocycles. The number of hydrogen-bond donors (Lipinski definition) is 0. The van der Waals surface area contributed by atoms with Crippen molar-refractivity contribution in [1.29, 1.82) is 0 Å². The molecular formula is C19H18N6S2. The van der Waals surface area contributed by atoms with Crippen LogP contribution in [-0.4, -0.2) is 29.9 Å². The molecule has 27 heavy (non-hydrogen) atoms. The standard InChI is InChI=1S/C19H18N6S2/c1-12-4-6-16(7-5-12)25-17(15-8-10-20-11-9-15)22-24-19(25)26-13(2)18-23-21-14(3)27-18/h4-11,13H,1-3H3/t13-/m0/s1. The summed E-state index contributed by atoms with van der Waals surface area (Å²) in [5, 5.41) is 20.3. The van der Waals surface area contributed by atoms with Crippen LogP contribution in [0.1, 0.15) is 27.8 Å². The van der Waals surface area contributed by atoms with Gasteiger partial charge in [0.2, 0.25) is 0 Å². The first-order chi connectivity index (χ1) is 13.1. The first-order valence-corrected chi connectivity index (χ1v) is 10.2. The second-order valence-corrected chi connectivity index (χ2v) is 8.65. The summed E-state index contributed by atoms with van der Waals surface area (Å²) in [5.41, 5.74) is 3.22. The van der Waals surface area contributed by atoms with Gasteiger partial charge in [0.05, 0.1) is 5.25 Å². The van der Waals surface area contributed by atoms with Crippen molar-refractivity contribution in [2.45, 2.75) is 31.2 Å². The van der Waals surface area contributed by atoms with Crippen molar-refractivity contribution >= 4 is 23.1 Å². The van der Waals surface area contributed by atoms with Gasteiger partial charge >= 0.3 is 0 Å². The molecule has 0 unspecified atom stereocenters. The molecule has 4 aromatic rings. The Morgan fingerprint density at radius 2 is 1.67 bits per heavy atom. The minimum Gasteiger partial charge on any atom is -0.270 e. The fourth-order valence-electron chi connectivity index (χ4n) is 2.65. The lowest BCUT2D eigenvalue weighted by molar-refractivity contribution is 0.872. The van der Waals surface area contributed by atoms with Gasteiger partial charge in [0.1, 0.15) is 10.0 Å². The molecule has 8 heteroatoms. The van der Waals surface area contributed by atoms with Crippen LogP contribution in [-0.2, 0) is 0 Å². The second kappa shape index (κ2) is 7.58. The Morgan fingerprint density at radius 3 is 2.33 bits per heavy atom. The highest BCUT2D eigenvalue weighted by Crippen LogP contribution is 2.37. The zero-order valence-electron chi connectivity index (χ0n) is 15.2. The molecule has 0 bridgehead atoms. The summed E-state index contributed by atoms with van der Waals surface area (Å²) in [6.07, 6.45) is 3.53. The van der Waals surface area contributed by atoms with Gasteiger partial charge in [0.25, 0.3) is 0 Å². The number of nitrogens with zero attached hydrogens (tertiary/aromatic N) is 6. The van der Waals surface area contributed by atoms with Crippen LogP contribution in [0.25, 0.3) is 17.1 Å². The Bertz CT molecular complexity index is 1040. The minimum absolute atomic E-state index is 0.134. The highest BCUT2D eigenvalue weighted by Gasteiger charge is 2.20. The minimum atomic E-state index is 0.134. The van der Waals surface area contributed by atoms with Gasteiger partial charge in [0.15, 0.2) is 11.0 Å². The first-order valence-electron chi connectivity index (χ1n) is 8.51. The maximum atomic E-state index is 4.48. The molecular weight excluding hydrogens is 376 g/mol. The Balaban J connectivity index is 1.77. The van der Waals surface area contributed by atoms with E-state index in [0.717, 1.165) is 32.2 Å². The third kappa shape index (κ3) is 3.77. The van der Waals surface area contributed by atoms with Crippen LogP contribution in [0.4, 0.5) is 0 Å². The zero-order chi connectivity index (χ0) is 18.8. The average molecular weight is 395 g/mol. The van der Waals surface area contributed by atoms with Gasteiger partial charge in [-0.3, -0.25) is 9.55 Å². The summed E-state index contributed by atoms with van der Waals surface area (Å²) in [6.45, 7) is 6.16. The maximum Gasteiger partial charge on any atom is 0.196 e. The molecule has 6 nitrogen and oxygen atoms in total. The number of aromatic nitrogens is 6. The summed E-state index contributed by atoms with van der Waals surface area (Å²) in [7, 11) is 0. The van der Waals surface area contributed by atoms with E-state index in [2.05, 4.69) is 68.1 Å². The van der Waals surface area contributed by atoms with Crippen LogP contribution in [0.2, 0.25) is 0 Å². The molecule has 0 radical (unpaired) electrons. The molecule has 0 spiro atoms. The SMILES string of the molecule is Cc1ccc(-n2c(S[C@@H](C)c3nnc(C)s3)nnc2-c2ccncc2)cc1. The maximum absolute atomic E-state index is 4.48. The van der Waals surface area contributed by atoms with Crippen LogP contribution in [0.15, 0.2) is 53.9 Å². The molecule has 0 fully saturated rings. The summed E-state index contributed by atoms with van der Waals surface area (Å²) >= 11 is 3.25. The van der Waals surface area contributed by atoms with Crippen LogP contribution in [0.3, 0.4) is 0 Å². The van der Waals surface area contributed by atoms with Gasteiger partial charge in [0, 0.05) is 23.6 Å². The molecule has 0 N–H and O–H groups in total. The fraction of sp³-hybridized carbons (Fsp3) is 0.211. The number of aryl methyl sites for hydroxylation is 2. The van der Waals surface area contributed by atoms with Crippen molar-refractivity contribution in [2.75, 3.05) is 0 Å². The van der Waals surface area contributed by atoms with Crippen LogP contribution >= 0.6 is 23.1 Å². The van der Waals surface area contributed by atoms with E-state index in [-0.39, 0.29) is 5.25 Å². The highest BCUT2D eigenvalue weighted by molar-refractivity contribution is 7.99. The van der Waals surface area contributed by atoms with E-state index in [1.807, 2.05) is 19.1 Å². The number of hydrogen-bond acceptors (Lipinski definition) is 7. The van der Waals surface area contributed by atoms with E-state index in [1.165, 1.54) is 5.56 Å². The summed E-state index contributed by atoms with van der Waals surface area (Å²) in [4.78, 5) is 4.11. The molecule has 136 valence electrons. The van der Waals surface area contributed by atoms with Gasteiger partial charge in [-0.15, -0.1) is 31.7 Å². The van der Waals surface area contributed by atoms with E-state index >= 15 is 0 Å². The molecule has 0 saturated heterocycles. The van der Waals surface area contributed by atoms with Crippen molar-refractivity contribution in [3.8, 4) is 17.1 Å². The van der Waals surface area contributed by atoms with Crippen LogP contribution < -0.4 is 0 Å². The average Bonchev–Trinajstić information content (AvgIpc) is 3.30. The Morgan fingerprint density at radius 1 is 0.926 bits per heavy atom. The van der Waals surface area contributed by atoms with Gasteiger partial charge in [-0.2, -0.15) is 0 Å². The molecule has 1 atom stereocenters. The highest BCUT2D eigenvalue weighted by atomic mass is 32.2. The molecule has 0 aliphatic rings. The van der Waals surface area contributed by atoms with Crippen molar-refractivity contribution < 1.29 is 0 Å². The van der Waals surface area contributed by atoms with Gasteiger partial charge in [-0.05, 0) is 45.0 Å². The van der Waals surface area contributed by atoms with Crippen LogP contribution in [0.5, 0.6) is 0 Å². The van der Waals surface area contributed by atoms with E-state index < -0.39 is 0 Å². The Labute approximate surface area is 165 Å². The van der Waals surface area contributed by atoms with Crippen molar-refractivity contribution in [3.05, 3.63) is 64.4 Å². The lowest BCUT2D eigenvalue weighted by Crippen LogP contribution is -2.01. The van der Waals surface area contributed by atoms with Crippen LogP contribution in [0, 0.1) is 13.8 Å². The van der Waals surface area contributed by atoms with Gasteiger partial charge < -0.3 is 0 Å². The van der Waals surface area contributed by atoms with Gasteiger partial charge in [-0.25, -0.2) is 0 Å². The molecule has 0 aliphatic heterocycles. The molecule has 0 saturated carbocycles. The third-order valence-corrected chi connectivity index (χ3v) is 6.26. The third-order valence-electron chi connectivity index (χ3n) is 4.04. The quantitative estimate of drug-likeness (QED) is 0.459. The number of thioether (sulfide) groups is 1. The summed E-state index contributed by atoms with van der Waals surface area (Å²) < 4.78 is 2.09. The zero-order valence-corrected chi connectivity index (χ0v) is 16.8. The molecule has 3 heterocycles. The first kappa shape index (κ1) is 17.8. The smallest absolute Gasteiger partial charge is 0.196 e. The number of rotatable bonds is 5. The lowest BCUT2D eigenvalue weighted by Gasteiger charge is -2.12. The Hall–Kier alpha value is -2.58. The summed E-state index contributed by atoms with van der Waals surface area (Å²) in [6, 6.07) is 12.3. The largest absolute Gasteiger partial charge is 0.270 e. The van der Waals surface area contributed by atoms with E-state index in [0.29, 0.717) is 0 Å². The van der Waals surface area contributed by atoms with E-state index in [1.54, 1.807) is 35.5 Å². The molecule has 0 aliphatic carbocycles. The lowest BCUT2D eigenvalue weighted by atomic mass is 10.2. The van der Waals surface area contributed by atoms with Crippen molar-refractivity contribution in [3.63, 3.8) is 0 Å². The van der Waals surface area contributed by atoms with Crippen molar-refractivity contribution in [1.82, 2.24) is 29.9 Å². The van der Waals surface area contributed by atoms with Gasteiger partial charge in [-0.1, -0.05) is 29.5 Å². The van der Waals surface area contributed by atoms with Crippen molar-refractivity contribution in [2.24, 2.45) is 0 Å². The predicted octanol–water partition coefficient (Wildman–Crippen LogP) is 4.65. The Kier molecular flexibility index (Phi) is 5.00. The predicted molar refractivity (Wildman–Crippen MR) is 108 cm³/mol. The molecule has 4 rings (SSSR count). The topological polar surface area (TPSA) is 69.4 Å². The van der Waals surface area contributed by atoms with E-state index in [4.69, 9.17) is 0 Å². The normalized spacial score (nSPS) is 12.3.